The highest BCUT2D eigenvalue weighted by molar-refractivity contribution is 5.71. The van der Waals surface area contributed by atoms with Crippen LogP contribution in [0.15, 0.2) is 12.1 Å². The van der Waals surface area contributed by atoms with Crippen molar-refractivity contribution in [1.29, 1.82) is 0 Å². The number of rotatable bonds is 4. The van der Waals surface area contributed by atoms with Gasteiger partial charge in [-0.05, 0) is 46.1 Å². The van der Waals surface area contributed by atoms with Gasteiger partial charge in [-0.2, -0.15) is 0 Å². The Balaban J connectivity index is 3.21. The molecule has 0 bridgehead atoms. The van der Waals surface area contributed by atoms with Gasteiger partial charge in [0, 0.05) is 0 Å². The fourth-order valence-electron chi connectivity index (χ4n) is 2.38. The van der Waals surface area contributed by atoms with E-state index in [1.165, 1.54) is 0 Å². The molecule has 0 amide bonds. The fraction of sp³-hybridized carbons (Fsp3) is 0.650. The molecule has 0 spiro atoms. The third kappa shape index (κ3) is 4.98. The van der Waals surface area contributed by atoms with Crippen molar-refractivity contribution in [2.45, 2.75) is 79.2 Å². The monoisotopic (exact) mass is 320 g/mol. The lowest BCUT2D eigenvalue weighted by molar-refractivity contribution is -0.149. The van der Waals surface area contributed by atoms with E-state index in [-0.39, 0.29) is 29.3 Å². The molecule has 0 radical (unpaired) electrons. The molecule has 1 rings (SSSR count). The van der Waals surface area contributed by atoms with Crippen molar-refractivity contribution in [3.05, 3.63) is 28.8 Å². The Hall–Kier alpha value is -1.51. The second kappa shape index (κ2) is 6.94. The van der Waals surface area contributed by atoms with E-state index in [1.807, 2.05) is 26.0 Å². The van der Waals surface area contributed by atoms with Gasteiger partial charge in [0.1, 0.15) is 12.4 Å². The molecule has 1 unspecified atom stereocenters. The van der Waals surface area contributed by atoms with Gasteiger partial charge in [-0.1, -0.05) is 55.4 Å². The van der Waals surface area contributed by atoms with Crippen LogP contribution < -0.4 is 0 Å². The zero-order valence-electron chi connectivity index (χ0n) is 15.9. The Bertz CT molecular complexity index is 524. The first-order valence-corrected chi connectivity index (χ1v) is 8.41. The average molecular weight is 320 g/mol. The number of hydrogen-bond donors (Lipinski definition) is 1. The van der Waals surface area contributed by atoms with Crippen LogP contribution in [0.5, 0.6) is 5.75 Å². The van der Waals surface area contributed by atoms with Crippen molar-refractivity contribution < 1.29 is 14.6 Å². The Labute approximate surface area is 141 Å². The van der Waals surface area contributed by atoms with Crippen molar-refractivity contribution in [1.82, 2.24) is 0 Å². The maximum atomic E-state index is 11.9. The van der Waals surface area contributed by atoms with Gasteiger partial charge < -0.3 is 9.84 Å². The summed E-state index contributed by atoms with van der Waals surface area (Å²) in [5.74, 6) is 0.0912. The van der Waals surface area contributed by atoms with Crippen molar-refractivity contribution >= 4 is 5.97 Å². The van der Waals surface area contributed by atoms with Gasteiger partial charge in [-0.15, -0.1) is 0 Å². The molecule has 23 heavy (non-hydrogen) atoms. The van der Waals surface area contributed by atoms with Crippen molar-refractivity contribution in [2.75, 3.05) is 0 Å². The van der Waals surface area contributed by atoms with Crippen LogP contribution in [-0.2, 0) is 27.0 Å². The molecule has 3 nitrogen and oxygen atoms in total. The summed E-state index contributed by atoms with van der Waals surface area (Å²) in [6.07, 6.45) is 0.773. The highest BCUT2D eigenvalue weighted by Crippen LogP contribution is 2.39. The first-order valence-electron chi connectivity index (χ1n) is 8.41. The third-order valence-corrected chi connectivity index (χ3v) is 4.18. The summed E-state index contributed by atoms with van der Waals surface area (Å²) in [6, 6.07) is 3.91. The molecule has 0 heterocycles. The van der Waals surface area contributed by atoms with Gasteiger partial charge in [0.2, 0.25) is 0 Å². The minimum Gasteiger partial charge on any atom is -0.507 e. The van der Waals surface area contributed by atoms with E-state index >= 15 is 0 Å². The highest BCUT2D eigenvalue weighted by atomic mass is 16.5. The first-order chi connectivity index (χ1) is 10.4. The molecule has 0 aromatic heterocycles. The maximum Gasteiger partial charge on any atom is 0.308 e. The first kappa shape index (κ1) is 19.5. The smallest absolute Gasteiger partial charge is 0.308 e. The number of aromatic hydroxyl groups is 1. The lowest BCUT2D eigenvalue weighted by Crippen LogP contribution is -2.19. The Morgan fingerprint density at radius 1 is 1.09 bits per heavy atom. The van der Waals surface area contributed by atoms with E-state index in [0.29, 0.717) is 5.75 Å². The van der Waals surface area contributed by atoms with Gasteiger partial charge >= 0.3 is 5.97 Å². The molecule has 130 valence electrons. The average Bonchev–Trinajstić information content (AvgIpc) is 2.42. The molecule has 0 aliphatic heterocycles. The van der Waals surface area contributed by atoms with Gasteiger partial charge in [0.15, 0.2) is 0 Å². The number of hydrogen-bond acceptors (Lipinski definition) is 3. The summed E-state index contributed by atoms with van der Waals surface area (Å²) in [6.45, 7) is 16.5. The summed E-state index contributed by atoms with van der Waals surface area (Å²) in [7, 11) is 0. The van der Waals surface area contributed by atoms with Crippen LogP contribution >= 0.6 is 0 Å². The van der Waals surface area contributed by atoms with E-state index in [1.54, 1.807) is 0 Å². The lowest BCUT2D eigenvalue weighted by Gasteiger charge is -2.28. The van der Waals surface area contributed by atoms with E-state index < -0.39 is 0 Å². The van der Waals surface area contributed by atoms with E-state index in [9.17, 15) is 9.90 Å². The number of benzene rings is 1. The molecule has 3 heteroatoms. The molecular formula is C20H32O3. The van der Waals surface area contributed by atoms with E-state index in [2.05, 4.69) is 41.5 Å². The maximum absolute atomic E-state index is 11.9. The highest BCUT2D eigenvalue weighted by Gasteiger charge is 2.26. The van der Waals surface area contributed by atoms with Crippen LogP contribution in [0.3, 0.4) is 0 Å². The number of carbonyl (C=O) groups is 1. The topological polar surface area (TPSA) is 46.5 Å². The number of ether oxygens (including phenoxy) is 1. The molecule has 1 N–H and O–H groups in total. The minimum absolute atomic E-state index is 0.0868. The Morgan fingerprint density at radius 3 is 1.87 bits per heavy atom. The normalized spacial score (nSPS) is 13.7. The van der Waals surface area contributed by atoms with Crippen molar-refractivity contribution in [3.8, 4) is 5.75 Å². The minimum atomic E-state index is -0.180. The Morgan fingerprint density at radius 2 is 1.52 bits per heavy atom. The molecule has 0 saturated heterocycles. The second-order valence-corrected chi connectivity index (χ2v) is 8.46. The summed E-state index contributed by atoms with van der Waals surface area (Å²) < 4.78 is 5.44. The largest absolute Gasteiger partial charge is 0.507 e. The number of carbonyl (C=O) groups excluding carboxylic acids is 1. The molecule has 0 aliphatic carbocycles. The standard InChI is InChI=1S/C20H32O3/c1-9-13(2)18(22)23-12-14-10-15(19(3,4)5)17(21)16(11-14)20(6,7)8/h10-11,13,21H,9,12H2,1-8H3. The van der Waals surface area contributed by atoms with Crippen LogP contribution in [0.1, 0.15) is 78.5 Å². The van der Waals surface area contributed by atoms with Crippen LogP contribution in [0.2, 0.25) is 0 Å². The van der Waals surface area contributed by atoms with Crippen molar-refractivity contribution in [2.24, 2.45) is 5.92 Å². The molecule has 1 aromatic rings. The molecule has 0 aliphatic rings. The van der Waals surface area contributed by atoms with Gasteiger partial charge in [0.25, 0.3) is 0 Å². The molecular weight excluding hydrogens is 288 g/mol. The van der Waals surface area contributed by atoms with Crippen LogP contribution in [-0.4, -0.2) is 11.1 Å². The Kier molecular flexibility index (Phi) is 5.89. The van der Waals surface area contributed by atoms with Gasteiger partial charge in [-0.3, -0.25) is 4.79 Å². The predicted molar refractivity (Wildman–Crippen MR) is 94.8 cm³/mol. The van der Waals surface area contributed by atoms with Crippen LogP contribution in [0.25, 0.3) is 0 Å². The van der Waals surface area contributed by atoms with Crippen LogP contribution in [0.4, 0.5) is 0 Å². The summed E-state index contributed by atoms with van der Waals surface area (Å²) in [5.41, 5.74) is 2.34. The quantitative estimate of drug-likeness (QED) is 0.787. The predicted octanol–water partition coefficient (Wildman–Crippen LogP) is 5.08. The molecule has 1 aromatic carbocycles. The molecule has 0 fully saturated rings. The van der Waals surface area contributed by atoms with Crippen LogP contribution in [0, 0.1) is 5.92 Å². The number of phenols is 1. The fourth-order valence-corrected chi connectivity index (χ4v) is 2.38. The van der Waals surface area contributed by atoms with Gasteiger partial charge in [0.05, 0.1) is 5.92 Å². The van der Waals surface area contributed by atoms with Crippen molar-refractivity contribution in [3.63, 3.8) is 0 Å². The molecule has 0 saturated carbocycles. The SMILES string of the molecule is CCC(C)C(=O)OCc1cc(C(C)(C)C)c(O)c(C(C)(C)C)c1. The number of esters is 1. The summed E-state index contributed by atoms with van der Waals surface area (Å²) in [5, 5.41) is 10.7. The zero-order valence-corrected chi connectivity index (χ0v) is 15.9. The molecule has 1 atom stereocenters. The third-order valence-electron chi connectivity index (χ3n) is 4.18. The van der Waals surface area contributed by atoms with E-state index in [4.69, 9.17) is 4.74 Å². The summed E-state index contributed by atoms with van der Waals surface area (Å²) in [4.78, 5) is 11.9. The van der Waals surface area contributed by atoms with E-state index in [0.717, 1.165) is 23.1 Å². The zero-order chi connectivity index (χ0) is 18.0. The second-order valence-electron chi connectivity index (χ2n) is 8.46. The number of phenolic OH excluding ortho intramolecular Hbond substituents is 1. The summed E-state index contributed by atoms with van der Waals surface area (Å²) >= 11 is 0. The lowest BCUT2D eigenvalue weighted by atomic mass is 9.78. The van der Waals surface area contributed by atoms with Gasteiger partial charge in [-0.25, -0.2) is 0 Å².